The molecule has 2 heterocycles. The van der Waals surface area contributed by atoms with E-state index in [4.69, 9.17) is 29.4 Å². The predicted molar refractivity (Wildman–Crippen MR) is 125 cm³/mol. The number of hydrogen-bond acceptors (Lipinski definition) is 13. The van der Waals surface area contributed by atoms with Gasteiger partial charge in [-0.1, -0.05) is 12.1 Å². The zero-order valence-corrected chi connectivity index (χ0v) is 20.6. The first-order valence-electron chi connectivity index (χ1n) is 12.1. The third-order valence-electron chi connectivity index (χ3n) is 6.29. The highest BCUT2D eigenvalue weighted by molar-refractivity contribution is 5.95. The Labute approximate surface area is 213 Å². The van der Waals surface area contributed by atoms with Crippen molar-refractivity contribution in [2.75, 3.05) is 12.3 Å². The van der Waals surface area contributed by atoms with E-state index in [1.54, 1.807) is 26.0 Å². The third-order valence-corrected chi connectivity index (χ3v) is 6.29. The van der Waals surface area contributed by atoms with E-state index in [0.29, 0.717) is 0 Å². The molecule has 0 bridgehead atoms. The third kappa shape index (κ3) is 7.58. The molecule has 3 rings (SSSR count). The number of carbonyl (C=O) groups excluding carboxylic acids is 2. The standard InChI is InChI=1S/C24H35NO12/c1-11(34-23-16(27)9-15(26)12(2)35-23)7-8-18(28)33-10-17-19(29)20(30)21(31)24(36-17)37-22(32)13-5-3-4-6-14(13)25/h3-6,11-12,15-17,19-21,23-24,26-27,29-31H,7-10,25H2,1-2H3/t11-,12+,15-,16-,17-,19-,20+,21-,23-,24+/m1/s1. The Hall–Kier alpha value is -2.36. The molecule has 208 valence electrons. The molecule has 2 aliphatic rings. The van der Waals surface area contributed by atoms with Crippen molar-refractivity contribution in [3.05, 3.63) is 29.8 Å². The highest BCUT2D eigenvalue weighted by Crippen LogP contribution is 2.25. The summed E-state index contributed by atoms with van der Waals surface area (Å²) in [6, 6.07) is 6.07. The summed E-state index contributed by atoms with van der Waals surface area (Å²) >= 11 is 0. The van der Waals surface area contributed by atoms with E-state index in [1.807, 2.05) is 0 Å². The number of hydrogen-bond donors (Lipinski definition) is 6. The Balaban J connectivity index is 1.46. The van der Waals surface area contributed by atoms with Crippen LogP contribution in [0.1, 0.15) is 43.5 Å². The molecule has 13 heteroatoms. The van der Waals surface area contributed by atoms with E-state index in [9.17, 15) is 35.1 Å². The van der Waals surface area contributed by atoms with Crippen LogP contribution in [0.15, 0.2) is 24.3 Å². The highest BCUT2D eigenvalue weighted by atomic mass is 16.7. The van der Waals surface area contributed by atoms with E-state index in [0.717, 1.165) is 0 Å². The lowest BCUT2D eigenvalue weighted by atomic mass is 9.99. The fraction of sp³-hybridized carbons (Fsp3) is 0.667. The van der Waals surface area contributed by atoms with Crippen LogP contribution >= 0.6 is 0 Å². The number of benzene rings is 1. The van der Waals surface area contributed by atoms with Crippen LogP contribution in [0.4, 0.5) is 5.69 Å². The highest BCUT2D eigenvalue weighted by Gasteiger charge is 2.46. The second-order valence-electron chi connectivity index (χ2n) is 9.26. The van der Waals surface area contributed by atoms with Gasteiger partial charge in [-0.05, 0) is 32.4 Å². The van der Waals surface area contributed by atoms with Gasteiger partial charge >= 0.3 is 11.9 Å². The Bertz CT molecular complexity index is 915. The summed E-state index contributed by atoms with van der Waals surface area (Å²) in [7, 11) is 0. The maximum absolute atomic E-state index is 12.4. The monoisotopic (exact) mass is 529 g/mol. The fourth-order valence-corrected chi connectivity index (χ4v) is 3.93. The number of carbonyl (C=O) groups is 2. The number of aliphatic hydroxyl groups is 5. The zero-order chi connectivity index (χ0) is 27.3. The number of anilines is 1. The Morgan fingerprint density at radius 1 is 1.03 bits per heavy atom. The fourth-order valence-electron chi connectivity index (χ4n) is 3.93. The van der Waals surface area contributed by atoms with Gasteiger partial charge in [0.15, 0.2) is 6.29 Å². The molecule has 2 fully saturated rings. The lowest BCUT2D eigenvalue weighted by Crippen LogP contribution is -2.59. The number of nitrogens with two attached hydrogens (primary N) is 1. The van der Waals surface area contributed by atoms with Crippen LogP contribution in [0.2, 0.25) is 0 Å². The van der Waals surface area contributed by atoms with Crippen molar-refractivity contribution in [3.8, 4) is 0 Å². The average Bonchev–Trinajstić information content (AvgIpc) is 2.85. The maximum Gasteiger partial charge on any atom is 0.342 e. The molecule has 10 atom stereocenters. The van der Waals surface area contributed by atoms with Crippen LogP contribution in [0, 0.1) is 0 Å². The number of ether oxygens (including phenoxy) is 5. The van der Waals surface area contributed by atoms with Crippen molar-refractivity contribution in [1.82, 2.24) is 0 Å². The van der Waals surface area contributed by atoms with Crippen LogP contribution < -0.4 is 5.73 Å². The molecule has 0 spiro atoms. The molecule has 37 heavy (non-hydrogen) atoms. The molecule has 0 amide bonds. The predicted octanol–water partition coefficient (Wildman–Crippen LogP) is -1.18. The molecule has 0 saturated carbocycles. The molecule has 7 N–H and O–H groups in total. The van der Waals surface area contributed by atoms with E-state index in [-0.39, 0.29) is 30.5 Å². The van der Waals surface area contributed by atoms with Crippen molar-refractivity contribution >= 4 is 17.6 Å². The second-order valence-corrected chi connectivity index (χ2v) is 9.26. The van der Waals surface area contributed by atoms with Crippen molar-refractivity contribution in [3.63, 3.8) is 0 Å². The van der Waals surface area contributed by atoms with Gasteiger partial charge in [0.2, 0.25) is 6.29 Å². The van der Waals surface area contributed by atoms with E-state index < -0.39 is 80.0 Å². The average molecular weight is 530 g/mol. The van der Waals surface area contributed by atoms with Crippen LogP contribution in [0.25, 0.3) is 0 Å². The Morgan fingerprint density at radius 2 is 1.73 bits per heavy atom. The van der Waals surface area contributed by atoms with Crippen LogP contribution in [-0.2, 0) is 28.5 Å². The maximum atomic E-state index is 12.4. The summed E-state index contributed by atoms with van der Waals surface area (Å²) in [5, 5.41) is 50.3. The molecule has 0 radical (unpaired) electrons. The molecule has 1 aromatic rings. The van der Waals surface area contributed by atoms with E-state index in [1.165, 1.54) is 12.1 Å². The summed E-state index contributed by atoms with van der Waals surface area (Å²) in [4.78, 5) is 24.7. The molecule has 0 unspecified atom stereocenters. The van der Waals surface area contributed by atoms with Gasteiger partial charge < -0.3 is 55.0 Å². The van der Waals surface area contributed by atoms with Crippen molar-refractivity contribution < 1.29 is 58.8 Å². The molecular weight excluding hydrogens is 494 g/mol. The lowest BCUT2D eigenvalue weighted by Gasteiger charge is -2.39. The summed E-state index contributed by atoms with van der Waals surface area (Å²) < 4.78 is 26.8. The summed E-state index contributed by atoms with van der Waals surface area (Å²) in [5.74, 6) is -1.57. The zero-order valence-electron chi connectivity index (χ0n) is 20.6. The van der Waals surface area contributed by atoms with Crippen molar-refractivity contribution in [2.45, 2.75) is 94.5 Å². The number of nitrogen functional groups attached to an aromatic ring is 1. The minimum atomic E-state index is -1.75. The van der Waals surface area contributed by atoms with Gasteiger partial charge in [-0.15, -0.1) is 0 Å². The smallest absolute Gasteiger partial charge is 0.342 e. The quantitative estimate of drug-likeness (QED) is 0.165. The summed E-state index contributed by atoms with van der Waals surface area (Å²) in [5.41, 5.74) is 5.91. The van der Waals surface area contributed by atoms with Gasteiger partial charge in [0, 0.05) is 18.5 Å². The molecule has 2 aliphatic heterocycles. The minimum Gasteiger partial charge on any atom is -0.463 e. The SMILES string of the molecule is C[C@H](CCC(=O)OC[C@H]1O[C@@H](OC(=O)c2ccccc2N)[C@H](O)[C@@H](O)[C@@H]1O)O[C@@H]1O[C@@H](C)[C@H](O)C[C@H]1O. The molecule has 1 aromatic carbocycles. The number of aliphatic hydroxyl groups excluding tert-OH is 5. The topological polar surface area (TPSA) is 207 Å². The number of para-hydroxylation sites is 1. The molecule has 0 aliphatic carbocycles. The van der Waals surface area contributed by atoms with Gasteiger partial charge in [0.05, 0.1) is 23.9 Å². The summed E-state index contributed by atoms with van der Waals surface area (Å²) in [6.45, 7) is 2.86. The molecule has 2 saturated heterocycles. The Morgan fingerprint density at radius 3 is 2.43 bits per heavy atom. The molecule has 13 nitrogen and oxygen atoms in total. The van der Waals surface area contributed by atoms with Crippen LogP contribution in [0.3, 0.4) is 0 Å². The normalized spacial score (nSPS) is 34.9. The van der Waals surface area contributed by atoms with Crippen molar-refractivity contribution in [2.24, 2.45) is 0 Å². The first-order chi connectivity index (χ1) is 17.5. The number of esters is 2. The molecular formula is C24H35NO12. The first-order valence-corrected chi connectivity index (χ1v) is 12.1. The van der Waals surface area contributed by atoms with Gasteiger partial charge in [0.25, 0.3) is 0 Å². The first kappa shape index (κ1) is 29.2. The van der Waals surface area contributed by atoms with E-state index >= 15 is 0 Å². The van der Waals surface area contributed by atoms with Gasteiger partial charge in [-0.2, -0.15) is 0 Å². The molecule has 0 aromatic heterocycles. The van der Waals surface area contributed by atoms with Crippen molar-refractivity contribution in [1.29, 1.82) is 0 Å². The Kier molecular flexibility index (Phi) is 10.2. The summed E-state index contributed by atoms with van der Waals surface area (Å²) in [6.07, 6.45) is -11.5. The van der Waals surface area contributed by atoms with Gasteiger partial charge in [-0.25, -0.2) is 4.79 Å². The number of rotatable bonds is 9. The van der Waals surface area contributed by atoms with Gasteiger partial charge in [0.1, 0.15) is 37.1 Å². The minimum absolute atomic E-state index is 0.0232. The van der Waals surface area contributed by atoms with Crippen LogP contribution in [0.5, 0.6) is 0 Å². The van der Waals surface area contributed by atoms with Gasteiger partial charge in [-0.3, -0.25) is 4.79 Å². The lowest BCUT2D eigenvalue weighted by molar-refractivity contribution is -0.286. The van der Waals surface area contributed by atoms with E-state index in [2.05, 4.69) is 0 Å². The van der Waals surface area contributed by atoms with Crippen LogP contribution in [-0.4, -0.2) is 105 Å². The largest absolute Gasteiger partial charge is 0.463 e. The second kappa shape index (κ2) is 12.9.